The third-order valence-electron chi connectivity index (χ3n) is 4.20. The van der Waals surface area contributed by atoms with E-state index in [1.807, 2.05) is 0 Å². The van der Waals surface area contributed by atoms with Crippen molar-refractivity contribution in [3.63, 3.8) is 0 Å². The van der Waals surface area contributed by atoms with Crippen LogP contribution < -0.4 is 4.90 Å². The molecule has 0 unspecified atom stereocenters. The number of hydrogen-bond acceptors (Lipinski definition) is 9. The first-order chi connectivity index (χ1) is 15.0. The number of rotatable bonds is 6. The van der Waals surface area contributed by atoms with E-state index in [9.17, 15) is 18.0 Å². The van der Waals surface area contributed by atoms with Crippen LogP contribution in [0.15, 0.2) is 28.1 Å². The van der Waals surface area contributed by atoms with Crippen LogP contribution in [0.4, 0.5) is 18.3 Å². The molecule has 4 rings (SSSR count). The number of benzene rings is 1. The first-order valence-electron chi connectivity index (χ1n) is 9.12. The highest BCUT2D eigenvalue weighted by molar-refractivity contribution is 7.13. The van der Waals surface area contributed by atoms with E-state index in [2.05, 4.69) is 20.4 Å². The number of carbonyl (C=O) groups is 1. The van der Waals surface area contributed by atoms with Crippen LogP contribution in [0.1, 0.15) is 17.9 Å². The maximum atomic E-state index is 14.2. The van der Waals surface area contributed by atoms with E-state index in [1.54, 1.807) is 22.4 Å². The standard InChI is InChI=1S/C13H10F3N5OS.C5H9NO2/c1-21(13-20-17-6-23-13)5-8-3-2-7(4-9(8)14)11-18-19-12(22-11)10(15)16;7-5-6-1-3-8-4-2-6/h2-4,6,10H,5H2,1H3;5H,1-4H2. The fourth-order valence-corrected chi connectivity index (χ4v) is 3.11. The Hall–Kier alpha value is -3.06. The molecule has 1 fully saturated rings. The van der Waals surface area contributed by atoms with Gasteiger partial charge in [0.1, 0.15) is 11.3 Å². The van der Waals surface area contributed by atoms with Gasteiger partial charge >= 0.3 is 6.43 Å². The van der Waals surface area contributed by atoms with Gasteiger partial charge in [0, 0.05) is 37.8 Å². The Labute approximate surface area is 179 Å². The van der Waals surface area contributed by atoms with Gasteiger partial charge in [-0.2, -0.15) is 8.78 Å². The summed E-state index contributed by atoms with van der Waals surface area (Å²) in [5.41, 5.74) is 2.24. The second-order valence-electron chi connectivity index (χ2n) is 6.38. The van der Waals surface area contributed by atoms with Gasteiger partial charge in [-0.3, -0.25) is 4.79 Å². The highest BCUT2D eigenvalue weighted by Crippen LogP contribution is 2.25. The van der Waals surface area contributed by atoms with E-state index in [4.69, 9.17) is 9.15 Å². The van der Waals surface area contributed by atoms with Crippen molar-refractivity contribution in [2.24, 2.45) is 0 Å². The molecule has 13 heteroatoms. The van der Waals surface area contributed by atoms with Crippen LogP contribution in [0, 0.1) is 5.82 Å². The van der Waals surface area contributed by atoms with E-state index in [0.29, 0.717) is 23.9 Å². The predicted octanol–water partition coefficient (Wildman–Crippen LogP) is 2.78. The minimum absolute atomic E-state index is 0.150. The lowest BCUT2D eigenvalue weighted by Crippen LogP contribution is -2.34. The minimum Gasteiger partial charge on any atom is -0.415 e. The third kappa shape index (κ3) is 6.21. The number of anilines is 1. The topological polar surface area (TPSA) is 97.5 Å². The highest BCUT2D eigenvalue weighted by Gasteiger charge is 2.18. The zero-order valence-corrected chi connectivity index (χ0v) is 17.3. The molecule has 0 bridgehead atoms. The summed E-state index contributed by atoms with van der Waals surface area (Å²) in [5.74, 6) is -1.45. The maximum Gasteiger partial charge on any atom is 0.314 e. The summed E-state index contributed by atoms with van der Waals surface area (Å²) >= 11 is 1.34. The molecule has 0 spiro atoms. The summed E-state index contributed by atoms with van der Waals surface area (Å²) in [5, 5.41) is 15.0. The van der Waals surface area contributed by atoms with Gasteiger partial charge in [-0.15, -0.1) is 20.4 Å². The summed E-state index contributed by atoms with van der Waals surface area (Å²) in [7, 11) is 1.76. The number of morpholine rings is 1. The Morgan fingerprint density at radius 3 is 2.58 bits per heavy atom. The molecule has 9 nitrogen and oxygen atoms in total. The van der Waals surface area contributed by atoms with E-state index in [1.165, 1.54) is 29.5 Å². The maximum absolute atomic E-state index is 14.2. The zero-order valence-electron chi connectivity index (χ0n) is 16.4. The Morgan fingerprint density at radius 2 is 2.03 bits per heavy atom. The molecule has 1 aromatic carbocycles. The highest BCUT2D eigenvalue weighted by atomic mass is 32.1. The number of carbonyl (C=O) groups excluding carboxylic acids is 1. The van der Waals surface area contributed by atoms with Crippen molar-refractivity contribution < 1.29 is 27.1 Å². The van der Waals surface area contributed by atoms with Crippen LogP contribution in [0.25, 0.3) is 11.5 Å². The molecule has 1 amide bonds. The normalized spacial score (nSPS) is 13.6. The molecule has 0 N–H and O–H groups in total. The van der Waals surface area contributed by atoms with Gasteiger partial charge in [0.15, 0.2) is 0 Å². The molecule has 0 radical (unpaired) electrons. The molecule has 0 aliphatic carbocycles. The monoisotopic (exact) mass is 456 g/mol. The van der Waals surface area contributed by atoms with Crippen LogP contribution in [0.2, 0.25) is 0 Å². The molecule has 0 atom stereocenters. The number of aromatic nitrogens is 4. The molecule has 3 heterocycles. The molecule has 3 aromatic rings. The minimum atomic E-state index is -2.86. The summed E-state index contributed by atoms with van der Waals surface area (Å²) in [6, 6.07) is 4.25. The lowest BCUT2D eigenvalue weighted by molar-refractivity contribution is -0.121. The van der Waals surface area contributed by atoms with E-state index < -0.39 is 18.1 Å². The van der Waals surface area contributed by atoms with E-state index >= 15 is 0 Å². The number of nitrogens with zero attached hydrogens (tertiary/aromatic N) is 6. The fraction of sp³-hybridized carbons (Fsp3) is 0.389. The summed E-state index contributed by atoms with van der Waals surface area (Å²) in [4.78, 5) is 13.5. The first-order valence-corrected chi connectivity index (χ1v) is 10.0. The van der Waals surface area contributed by atoms with Crippen LogP contribution >= 0.6 is 11.3 Å². The third-order valence-corrected chi connectivity index (χ3v) is 5.01. The largest absolute Gasteiger partial charge is 0.415 e. The fourth-order valence-electron chi connectivity index (χ4n) is 2.59. The van der Waals surface area contributed by atoms with E-state index in [0.717, 1.165) is 19.5 Å². The molecule has 0 saturated carbocycles. The number of amides is 1. The smallest absolute Gasteiger partial charge is 0.314 e. The second kappa shape index (κ2) is 10.8. The summed E-state index contributed by atoms with van der Waals surface area (Å²) in [6.45, 7) is 3.18. The average Bonchev–Trinajstić information content (AvgIpc) is 3.49. The van der Waals surface area contributed by atoms with Crippen molar-refractivity contribution in [3.8, 4) is 11.5 Å². The van der Waals surface area contributed by atoms with Gasteiger partial charge in [-0.25, -0.2) is 4.39 Å². The van der Waals surface area contributed by atoms with Crippen LogP contribution in [-0.4, -0.2) is 65.1 Å². The molecular formula is C18H19F3N6O3S. The Bertz CT molecular complexity index is 966. The number of hydrogen-bond donors (Lipinski definition) is 0. The Balaban J connectivity index is 0.000000287. The molecule has 1 aliphatic rings. The summed E-state index contributed by atoms with van der Waals surface area (Å²) in [6.07, 6.45) is -2.00. The van der Waals surface area contributed by atoms with E-state index in [-0.39, 0.29) is 18.0 Å². The van der Waals surface area contributed by atoms with Crippen LogP contribution in [0.3, 0.4) is 0 Å². The number of ether oxygens (including phenoxy) is 1. The lowest BCUT2D eigenvalue weighted by atomic mass is 10.1. The number of alkyl halides is 2. The van der Waals surface area contributed by atoms with Gasteiger partial charge in [0.25, 0.3) is 5.89 Å². The Kier molecular flexibility index (Phi) is 7.89. The van der Waals surface area contributed by atoms with Crippen LogP contribution in [-0.2, 0) is 16.1 Å². The zero-order chi connectivity index (χ0) is 22.2. The average molecular weight is 456 g/mol. The predicted molar refractivity (Wildman–Crippen MR) is 105 cm³/mol. The Morgan fingerprint density at radius 1 is 1.26 bits per heavy atom. The van der Waals surface area contributed by atoms with Crippen molar-refractivity contribution in [1.29, 1.82) is 0 Å². The lowest BCUT2D eigenvalue weighted by Gasteiger charge is -2.21. The first kappa shape index (κ1) is 22.6. The van der Waals surface area contributed by atoms with Crippen molar-refractivity contribution in [3.05, 3.63) is 41.0 Å². The molecule has 166 valence electrons. The molecule has 1 aliphatic heterocycles. The number of halogens is 3. The molecule has 2 aromatic heterocycles. The van der Waals surface area contributed by atoms with Crippen LogP contribution in [0.5, 0.6) is 0 Å². The van der Waals surface area contributed by atoms with Crippen molar-refractivity contribution in [2.75, 3.05) is 38.3 Å². The molecular weight excluding hydrogens is 437 g/mol. The molecule has 31 heavy (non-hydrogen) atoms. The van der Waals surface area contributed by atoms with Crippen molar-refractivity contribution in [1.82, 2.24) is 25.3 Å². The second-order valence-corrected chi connectivity index (χ2v) is 7.20. The SMILES string of the molecule is CN(Cc1ccc(-c2nnc(C(F)F)o2)cc1F)c1nncs1.O=CN1CCOCC1. The molecule has 1 saturated heterocycles. The summed E-state index contributed by atoms with van der Waals surface area (Å²) < 4.78 is 48.9. The quantitative estimate of drug-likeness (QED) is 0.523. The van der Waals surface area contributed by atoms with Gasteiger partial charge in [-0.05, 0) is 12.1 Å². The van der Waals surface area contributed by atoms with Crippen molar-refractivity contribution >= 4 is 22.9 Å². The van der Waals surface area contributed by atoms with Gasteiger partial charge in [-0.1, -0.05) is 17.4 Å². The van der Waals surface area contributed by atoms with Gasteiger partial charge < -0.3 is 19.0 Å². The van der Waals surface area contributed by atoms with Crippen molar-refractivity contribution in [2.45, 2.75) is 13.0 Å². The van der Waals surface area contributed by atoms with Gasteiger partial charge in [0.05, 0.1) is 13.2 Å². The van der Waals surface area contributed by atoms with Gasteiger partial charge in [0.2, 0.25) is 17.4 Å².